The van der Waals surface area contributed by atoms with Crippen molar-refractivity contribution in [2.24, 2.45) is 5.84 Å². The quantitative estimate of drug-likeness (QED) is 0.673. The lowest BCUT2D eigenvalue weighted by Gasteiger charge is -2.15. The van der Waals surface area contributed by atoms with E-state index >= 15 is 0 Å². The monoisotopic (exact) mass is 312 g/mol. The van der Waals surface area contributed by atoms with E-state index in [1.165, 1.54) is 12.1 Å². The molecule has 0 saturated heterocycles. The Labute approximate surface area is 113 Å². The third-order valence-electron chi connectivity index (χ3n) is 2.87. The molecule has 2 aromatic rings. The van der Waals surface area contributed by atoms with Crippen molar-refractivity contribution in [3.63, 3.8) is 0 Å². The summed E-state index contributed by atoms with van der Waals surface area (Å²) >= 11 is 3.25. The molecule has 0 aliphatic heterocycles. The number of hydrazine groups is 1. The zero-order valence-corrected chi connectivity index (χ0v) is 11.5. The zero-order chi connectivity index (χ0) is 13.1. The molecule has 0 aliphatic carbocycles. The van der Waals surface area contributed by atoms with Crippen LogP contribution in [0.15, 0.2) is 39.4 Å². The average molecular weight is 313 g/mol. The number of nitrogens with one attached hydrogen (secondary N) is 1. The molecule has 1 atom stereocenters. The molecule has 0 amide bonds. The molecule has 1 unspecified atom stereocenters. The van der Waals surface area contributed by atoms with Gasteiger partial charge in [0.15, 0.2) is 4.67 Å². The number of rotatable bonds is 4. The first kappa shape index (κ1) is 13.3. The van der Waals surface area contributed by atoms with Crippen LogP contribution in [0, 0.1) is 12.7 Å². The molecule has 0 spiro atoms. The van der Waals surface area contributed by atoms with Gasteiger partial charge in [-0.05, 0) is 64.7 Å². The van der Waals surface area contributed by atoms with E-state index < -0.39 is 0 Å². The number of furan rings is 1. The molecule has 2 rings (SSSR count). The fraction of sp³-hybridized carbons (Fsp3) is 0.231. The summed E-state index contributed by atoms with van der Waals surface area (Å²) in [5.74, 6) is 6.06. The number of benzene rings is 1. The molecular formula is C13H14BrFN2O. The zero-order valence-electron chi connectivity index (χ0n) is 9.91. The van der Waals surface area contributed by atoms with E-state index in [4.69, 9.17) is 10.3 Å². The maximum Gasteiger partial charge on any atom is 0.169 e. The summed E-state index contributed by atoms with van der Waals surface area (Å²) in [5.41, 5.74) is 4.65. The van der Waals surface area contributed by atoms with Crippen molar-refractivity contribution in [2.45, 2.75) is 19.4 Å². The minimum absolute atomic E-state index is 0.138. The molecule has 5 heteroatoms. The molecule has 1 aromatic heterocycles. The van der Waals surface area contributed by atoms with Crippen LogP contribution in [-0.2, 0) is 6.42 Å². The summed E-state index contributed by atoms with van der Waals surface area (Å²) in [7, 11) is 0. The highest BCUT2D eigenvalue weighted by Gasteiger charge is 2.15. The van der Waals surface area contributed by atoms with Crippen molar-refractivity contribution < 1.29 is 8.81 Å². The highest BCUT2D eigenvalue weighted by atomic mass is 79.9. The summed E-state index contributed by atoms with van der Waals surface area (Å²) in [6, 6.07) is 8.27. The average Bonchev–Trinajstić information content (AvgIpc) is 2.75. The van der Waals surface area contributed by atoms with Crippen molar-refractivity contribution in [1.29, 1.82) is 0 Å². The van der Waals surface area contributed by atoms with E-state index in [2.05, 4.69) is 21.4 Å². The third-order valence-corrected chi connectivity index (χ3v) is 3.29. The minimum Gasteiger partial charge on any atom is -0.453 e. The predicted octanol–water partition coefficient (Wildman–Crippen LogP) is 3.24. The smallest absolute Gasteiger partial charge is 0.169 e. The molecule has 96 valence electrons. The number of hydrogen-bond donors (Lipinski definition) is 2. The topological polar surface area (TPSA) is 51.2 Å². The van der Waals surface area contributed by atoms with Gasteiger partial charge in [-0.25, -0.2) is 9.82 Å². The van der Waals surface area contributed by atoms with Gasteiger partial charge in [0, 0.05) is 0 Å². The van der Waals surface area contributed by atoms with Crippen molar-refractivity contribution in [2.75, 3.05) is 0 Å². The van der Waals surface area contributed by atoms with Crippen LogP contribution in [0.4, 0.5) is 4.39 Å². The van der Waals surface area contributed by atoms with Crippen molar-refractivity contribution in [3.05, 3.63) is 57.7 Å². The summed E-state index contributed by atoms with van der Waals surface area (Å²) < 4.78 is 19.2. The Morgan fingerprint density at radius 3 is 2.72 bits per heavy atom. The highest BCUT2D eigenvalue weighted by molar-refractivity contribution is 9.10. The van der Waals surface area contributed by atoms with Gasteiger partial charge in [0.25, 0.3) is 0 Å². The first-order chi connectivity index (χ1) is 8.60. The molecular weight excluding hydrogens is 299 g/mol. The van der Waals surface area contributed by atoms with Crippen LogP contribution < -0.4 is 11.3 Å². The van der Waals surface area contributed by atoms with Crippen LogP contribution in [0.1, 0.15) is 22.9 Å². The Bertz CT molecular complexity index is 542. The van der Waals surface area contributed by atoms with Crippen molar-refractivity contribution in [3.8, 4) is 0 Å². The number of hydrogen-bond acceptors (Lipinski definition) is 3. The second-order valence-electron chi connectivity index (χ2n) is 4.14. The van der Waals surface area contributed by atoms with Crippen LogP contribution in [-0.4, -0.2) is 0 Å². The van der Waals surface area contributed by atoms with E-state index in [1.54, 1.807) is 6.07 Å². The molecule has 1 aromatic carbocycles. The number of halogens is 2. The van der Waals surface area contributed by atoms with Gasteiger partial charge in [0.1, 0.15) is 11.6 Å². The Balaban J connectivity index is 2.20. The fourth-order valence-corrected chi connectivity index (χ4v) is 2.18. The Morgan fingerprint density at radius 2 is 2.17 bits per heavy atom. The van der Waals surface area contributed by atoms with Crippen molar-refractivity contribution >= 4 is 15.9 Å². The molecule has 0 bridgehead atoms. The van der Waals surface area contributed by atoms with E-state index in [9.17, 15) is 4.39 Å². The second kappa shape index (κ2) is 5.65. The second-order valence-corrected chi connectivity index (χ2v) is 4.92. The molecule has 1 heterocycles. The van der Waals surface area contributed by atoms with Crippen LogP contribution in [0.25, 0.3) is 0 Å². The lowest BCUT2D eigenvalue weighted by atomic mass is 10.00. The Hall–Kier alpha value is -1.17. The fourth-order valence-electron chi connectivity index (χ4n) is 1.87. The van der Waals surface area contributed by atoms with Crippen LogP contribution in [0.5, 0.6) is 0 Å². The molecule has 0 aliphatic rings. The first-order valence-electron chi connectivity index (χ1n) is 5.56. The standard InChI is InChI=1S/C13H14BrFN2O/c1-8-6-10(15)3-2-9(8)7-11(17-16)12-4-5-13(14)18-12/h2-6,11,17H,7,16H2,1H3. The van der Waals surface area contributed by atoms with Crippen LogP contribution in [0.2, 0.25) is 0 Å². The largest absolute Gasteiger partial charge is 0.453 e. The van der Waals surface area contributed by atoms with Crippen LogP contribution >= 0.6 is 15.9 Å². The van der Waals surface area contributed by atoms with E-state index in [1.807, 2.05) is 19.1 Å². The van der Waals surface area contributed by atoms with Gasteiger partial charge in [0.05, 0.1) is 6.04 Å². The van der Waals surface area contributed by atoms with Gasteiger partial charge in [0.2, 0.25) is 0 Å². The maximum absolute atomic E-state index is 13.0. The molecule has 3 nitrogen and oxygen atoms in total. The number of nitrogens with two attached hydrogens (primary N) is 1. The first-order valence-corrected chi connectivity index (χ1v) is 6.36. The normalized spacial score (nSPS) is 12.7. The molecule has 3 N–H and O–H groups in total. The van der Waals surface area contributed by atoms with Gasteiger partial charge >= 0.3 is 0 Å². The third kappa shape index (κ3) is 2.98. The van der Waals surface area contributed by atoms with Gasteiger partial charge in [-0.2, -0.15) is 0 Å². The summed E-state index contributed by atoms with van der Waals surface area (Å²) in [5, 5.41) is 0. The van der Waals surface area contributed by atoms with E-state index in [0.717, 1.165) is 16.9 Å². The molecule has 0 saturated carbocycles. The van der Waals surface area contributed by atoms with Crippen LogP contribution in [0.3, 0.4) is 0 Å². The Kier molecular flexibility index (Phi) is 4.16. The van der Waals surface area contributed by atoms with Crippen molar-refractivity contribution in [1.82, 2.24) is 5.43 Å². The minimum atomic E-state index is -0.228. The van der Waals surface area contributed by atoms with E-state index in [-0.39, 0.29) is 11.9 Å². The van der Waals surface area contributed by atoms with Gasteiger partial charge in [-0.15, -0.1) is 0 Å². The maximum atomic E-state index is 13.0. The lowest BCUT2D eigenvalue weighted by molar-refractivity contribution is 0.404. The number of aryl methyl sites for hydroxylation is 1. The highest BCUT2D eigenvalue weighted by Crippen LogP contribution is 2.24. The predicted molar refractivity (Wildman–Crippen MR) is 71.3 cm³/mol. The lowest BCUT2D eigenvalue weighted by Crippen LogP contribution is -2.29. The molecule has 0 fully saturated rings. The SMILES string of the molecule is Cc1cc(F)ccc1CC(NN)c1ccc(Br)o1. The summed E-state index contributed by atoms with van der Waals surface area (Å²) in [4.78, 5) is 0. The molecule has 18 heavy (non-hydrogen) atoms. The van der Waals surface area contributed by atoms with Gasteiger partial charge in [-0.1, -0.05) is 6.07 Å². The van der Waals surface area contributed by atoms with Gasteiger partial charge < -0.3 is 4.42 Å². The molecule has 0 radical (unpaired) electrons. The van der Waals surface area contributed by atoms with E-state index in [0.29, 0.717) is 11.1 Å². The summed E-state index contributed by atoms with van der Waals surface area (Å²) in [6.45, 7) is 1.88. The summed E-state index contributed by atoms with van der Waals surface area (Å²) in [6.07, 6.45) is 0.641. The van der Waals surface area contributed by atoms with Gasteiger partial charge in [-0.3, -0.25) is 5.84 Å². The Morgan fingerprint density at radius 1 is 1.39 bits per heavy atom.